The predicted molar refractivity (Wildman–Crippen MR) is 93.0 cm³/mol. The molecule has 1 amide bonds. The quantitative estimate of drug-likeness (QED) is 0.634. The van der Waals surface area contributed by atoms with Gasteiger partial charge in [-0.15, -0.1) is 0 Å². The second-order valence-electron chi connectivity index (χ2n) is 4.10. The Hall–Kier alpha value is -0.490. The summed E-state index contributed by atoms with van der Waals surface area (Å²) in [6.45, 7) is 0. The molecule has 0 saturated carbocycles. The van der Waals surface area contributed by atoms with Crippen LogP contribution in [0.4, 0.5) is 5.69 Å². The van der Waals surface area contributed by atoms with Gasteiger partial charge in [-0.1, -0.05) is 40.9 Å². The maximum atomic E-state index is 12.0. The second-order valence-corrected chi connectivity index (χ2v) is 6.56. The fourth-order valence-corrected chi connectivity index (χ4v) is 2.84. The minimum absolute atomic E-state index is 0.161. The lowest BCUT2D eigenvalue weighted by Crippen LogP contribution is -2.14. The molecule has 2 aromatic carbocycles. The zero-order valence-electron chi connectivity index (χ0n) is 10.1. The molecule has 0 unspecified atom stereocenters. The third-order valence-electron chi connectivity index (χ3n) is 2.55. The van der Waals surface area contributed by atoms with Crippen LogP contribution in [0.25, 0.3) is 0 Å². The number of carbonyl (C=O) groups excluding carboxylic acids is 1. The molecule has 0 radical (unpaired) electrons. The van der Waals surface area contributed by atoms with Crippen molar-refractivity contribution in [3.8, 4) is 0 Å². The zero-order valence-corrected chi connectivity index (χ0v) is 14.5. The summed E-state index contributed by atoms with van der Waals surface area (Å²) < 4.78 is 1.01. The van der Waals surface area contributed by atoms with Crippen LogP contribution in [0, 0.1) is 3.57 Å². The van der Waals surface area contributed by atoms with E-state index in [1.54, 1.807) is 30.3 Å². The normalized spacial score (nSPS) is 10.4. The van der Waals surface area contributed by atoms with E-state index in [0.29, 0.717) is 20.8 Å². The van der Waals surface area contributed by atoms with E-state index in [-0.39, 0.29) is 12.3 Å². The molecule has 0 bridgehead atoms. The molecule has 0 aliphatic heterocycles. The molecule has 2 nitrogen and oxygen atoms in total. The minimum atomic E-state index is -0.161. The molecular weight excluding hydrogens is 431 g/mol. The number of hydrogen-bond acceptors (Lipinski definition) is 1. The van der Waals surface area contributed by atoms with Crippen LogP contribution in [-0.4, -0.2) is 5.91 Å². The SMILES string of the molecule is O=C(Cc1ccc(Cl)c(Cl)c1)Nc1ccc(I)cc1Cl. The van der Waals surface area contributed by atoms with Crippen LogP contribution < -0.4 is 5.32 Å². The number of anilines is 1. The largest absolute Gasteiger partial charge is 0.324 e. The maximum absolute atomic E-state index is 12.0. The van der Waals surface area contributed by atoms with E-state index < -0.39 is 0 Å². The number of rotatable bonds is 3. The summed E-state index contributed by atoms with van der Waals surface area (Å²) in [7, 11) is 0. The molecule has 0 aromatic heterocycles. The van der Waals surface area contributed by atoms with E-state index in [9.17, 15) is 4.79 Å². The molecule has 104 valence electrons. The van der Waals surface area contributed by atoms with Crippen LogP contribution in [0.1, 0.15) is 5.56 Å². The summed E-state index contributed by atoms with van der Waals surface area (Å²) in [6.07, 6.45) is 0.208. The fraction of sp³-hybridized carbons (Fsp3) is 0.0714. The van der Waals surface area contributed by atoms with Gasteiger partial charge < -0.3 is 5.32 Å². The summed E-state index contributed by atoms with van der Waals surface area (Å²) >= 11 is 20.0. The van der Waals surface area contributed by atoms with Gasteiger partial charge in [-0.25, -0.2) is 0 Å². The Bertz CT molecular complexity index is 661. The third-order valence-corrected chi connectivity index (χ3v) is 4.28. The highest BCUT2D eigenvalue weighted by Gasteiger charge is 2.08. The topological polar surface area (TPSA) is 29.1 Å². The van der Waals surface area contributed by atoms with Crippen molar-refractivity contribution in [2.45, 2.75) is 6.42 Å². The lowest BCUT2D eigenvalue weighted by atomic mass is 10.1. The van der Waals surface area contributed by atoms with Crippen molar-refractivity contribution < 1.29 is 4.79 Å². The summed E-state index contributed by atoms with van der Waals surface area (Å²) in [4.78, 5) is 12.0. The van der Waals surface area contributed by atoms with Gasteiger partial charge in [0.05, 0.1) is 27.2 Å². The molecule has 2 aromatic rings. The lowest BCUT2D eigenvalue weighted by molar-refractivity contribution is -0.115. The Morgan fingerprint density at radius 1 is 1.00 bits per heavy atom. The van der Waals surface area contributed by atoms with Gasteiger partial charge in [0.1, 0.15) is 0 Å². The van der Waals surface area contributed by atoms with Crippen molar-refractivity contribution >= 4 is 69.0 Å². The molecule has 1 N–H and O–H groups in total. The molecule has 0 spiro atoms. The van der Waals surface area contributed by atoms with Crippen LogP contribution >= 0.6 is 57.4 Å². The number of amides is 1. The van der Waals surface area contributed by atoms with E-state index in [0.717, 1.165) is 9.13 Å². The van der Waals surface area contributed by atoms with Gasteiger partial charge >= 0.3 is 0 Å². The van der Waals surface area contributed by atoms with Gasteiger partial charge in [0.2, 0.25) is 5.91 Å². The number of carbonyl (C=O) groups is 1. The van der Waals surface area contributed by atoms with Crippen LogP contribution in [0.5, 0.6) is 0 Å². The van der Waals surface area contributed by atoms with Crippen molar-refractivity contribution in [2.24, 2.45) is 0 Å². The Labute approximate surface area is 145 Å². The summed E-state index contributed by atoms with van der Waals surface area (Å²) in [6, 6.07) is 10.6. The molecule has 0 fully saturated rings. The summed E-state index contributed by atoms with van der Waals surface area (Å²) in [5, 5.41) is 4.19. The highest BCUT2D eigenvalue weighted by molar-refractivity contribution is 14.1. The molecule has 0 aliphatic carbocycles. The average Bonchev–Trinajstić information content (AvgIpc) is 2.37. The van der Waals surface area contributed by atoms with E-state index in [4.69, 9.17) is 34.8 Å². The van der Waals surface area contributed by atoms with Gasteiger partial charge in [-0.2, -0.15) is 0 Å². The number of halogens is 4. The predicted octanol–water partition coefficient (Wildman–Crippen LogP) is 5.43. The van der Waals surface area contributed by atoms with E-state index in [1.807, 2.05) is 6.07 Å². The Morgan fingerprint density at radius 3 is 2.40 bits per heavy atom. The molecule has 20 heavy (non-hydrogen) atoms. The average molecular weight is 440 g/mol. The van der Waals surface area contributed by atoms with Crippen molar-refractivity contribution in [1.82, 2.24) is 0 Å². The highest BCUT2D eigenvalue weighted by atomic mass is 127. The van der Waals surface area contributed by atoms with Gasteiger partial charge in [0, 0.05) is 3.57 Å². The van der Waals surface area contributed by atoms with Gasteiger partial charge in [-0.3, -0.25) is 4.79 Å². The van der Waals surface area contributed by atoms with Gasteiger partial charge in [-0.05, 0) is 58.5 Å². The van der Waals surface area contributed by atoms with Crippen molar-refractivity contribution in [2.75, 3.05) is 5.32 Å². The first-order valence-corrected chi connectivity index (χ1v) is 7.86. The monoisotopic (exact) mass is 439 g/mol. The molecule has 6 heteroatoms. The molecular formula is C14H9Cl3INO. The van der Waals surface area contributed by atoms with Gasteiger partial charge in [0.15, 0.2) is 0 Å². The van der Waals surface area contributed by atoms with E-state index >= 15 is 0 Å². The standard InChI is InChI=1S/C14H9Cl3INO/c15-10-3-1-8(5-11(10)16)6-14(20)19-13-4-2-9(18)7-12(13)17/h1-5,7H,6H2,(H,19,20). The number of hydrogen-bond donors (Lipinski definition) is 1. The Kier molecular flexibility index (Phi) is 5.55. The highest BCUT2D eigenvalue weighted by Crippen LogP contribution is 2.25. The van der Waals surface area contributed by atoms with Crippen molar-refractivity contribution in [3.05, 3.63) is 60.6 Å². The molecule has 0 saturated heterocycles. The third kappa shape index (κ3) is 4.25. The van der Waals surface area contributed by atoms with Gasteiger partial charge in [0.25, 0.3) is 0 Å². The molecule has 0 aliphatic rings. The number of nitrogens with one attached hydrogen (secondary N) is 1. The van der Waals surface area contributed by atoms with Crippen molar-refractivity contribution in [3.63, 3.8) is 0 Å². The van der Waals surface area contributed by atoms with E-state index in [2.05, 4.69) is 27.9 Å². The van der Waals surface area contributed by atoms with E-state index in [1.165, 1.54) is 0 Å². The first kappa shape index (κ1) is 15.9. The van der Waals surface area contributed by atoms with Crippen LogP contribution in [0.2, 0.25) is 15.1 Å². The first-order valence-electron chi connectivity index (χ1n) is 5.64. The summed E-state index contributed by atoms with van der Waals surface area (Å²) in [5.74, 6) is -0.161. The lowest BCUT2D eigenvalue weighted by Gasteiger charge is -2.08. The Balaban J connectivity index is 2.07. The smallest absolute Gasteiger partial charge is 0.228 e. The summed E-state index contributed by atoms with van der Waals surface area (Å²) in [5.41, 5.74) is 1.38. The molecule has 0 atom stereocenters. The maximum Gasteiger partial charge on any atom is 0.228 e. The molecule has 0 heterocycles. The van der Waals surface area contributed by atoms with Crippen LogP contribution in [-0.2, 0) is 11.2 Å². The fourth-order valence-electron chi connectivity index (χ4n) is 1.62. The van der Waals surface area contributed by atoms with Crippen molar-refractivity contribution in [1.29, 1.82) is 0 Å². The minimum Gasteiger partial charge on any atom is -0.324 e. The Morgan fingerprint density at radius 2 is 1.75 bits per heavy atom. The number of benzene rings is 2. The van der Waals surface area contributed by atoms with Crippen LogP contribution in [0.15, 0.2) is 36.4 Å². The molecule has 2 rings (SSSR count). The first-order chi connectivity index (χ1) is 9.45. The zero-order chi connectivity index (χ0) is 14.7. The van der Waals surface area contributed by atoms with Crippen LogP contribution in [0.3, 0.4) is 0 Å². The second kappa shape index (κ2) is 6.98.